The summed E-state index contributed by atoms with van der Waals surface area (Å²) in [7, 11) is 0. The Kier molecular flexibility index (Phi) is 20.2. The average molecular weight is 756 g/mol. The third-order valence-corrected chi connectivity index (χ3v) is 15.2. The Morgan fingerprint density at radius 2 is 1.46 bits per heavy atom. The Balaban J connectivity index is 1.05. The third kappa shape index (κ3) is 13.8. The fraction of sp³-hybridized carbons (Fsp3) is 0.938. The molecule has 6 nitrogen and oxygen atoms in total. The Bertz CT molecular complexity index is 1090. The van der Waals surface area contributed by atoms with Crippen molar-refractivity contribution in [3.63, 3.8) is 0 Å². The lowest BCUT2D eigenvalue weighted by atomic mass is 9.47. The molecule has 0 aliphatic heterocycles. The number of fused-ring (bicyclic) bond motifs is 5. The Morgan fingerprint density at radius 1 is 0.778 bits per heavy atom. The molecule has 4 aliphatic rings. The maximum Gasteiger partial charge on any atom is 0.186 e. The van der Waals surface area contributed by atoms with Gasteiger partial charge < -0.3 is 25.7 Å². The van der Waals surface area contributed by atoms with Gasteiger partial charge in [-0.15, -0.1) is 0 Å². The Morgan fingerprint density at radius 3 is 2.17 bits per heavy atom. The number of guanidine groups is 1. The number of nitrogens with zero attached hydrogens (tertiary/aromatic N) is 1. The summed E-state index contributed by atoms with van der Waals surface area (Å²) >= 11 is 0. The van der Waals surface area contributed by atoms with Gasteiger partial charge in [0, 0.05) is 19.8 Å². The van der Waals surface area contributed by atoms with Gasteiger partial charge in [0.2, 0.25) is 0 Å². The molecule has 0 bridgehead atoms. The Hall–Kier alpha value is -1.11. The zero-order valence-corrected chi connectivity index (χ0v) is 36.5. The molecular weight excluding hydrogens is 667 g/mol. The van der Waals surface area contributed by atoms with E-state index in [4.69, 9.17) is 25.7 Å². The normalized spacial score (nSPS) is 30.4. The highest BCUT2D eigenvalue weighted by molar-refractivity contribution is 5.75. The summed E-state index contributed by atoms with van der Waals surface area (Å²) in [4.78, 5) is 4.18. The number of hydrogen-bond acceptors (Lipinski definition) is 4. The number of aliphatic imine (C=N–C) groups is 1. The second-order valence-electron chi connectivity index (χ2n) is 19.6. The highest BCUT2D eigenvalue weighted by Gasteiger charge is 2.59. The molecule has 0 spiro atoms. The van der Waals surface area contributed by atoms with Crippen LogP contribution in [-0.2, 0) is 14.2 Å². The van der Waals surface area contributed by atoms with Crippen LogP contribution in [0.5, 0.6) is 0 Å². The smallest absolute Gasteiger partial charge is 0.186 e. The number of rotatable bonds is 28. The second-order valence-corrected chi connectivity index (χ2v) is 19.6. The lowest BCUT2D eigenvalue weighted by Gasteiger charge is -2.58. The molecule has 9 atom stereocenters. The van der Waals surface area contributed by atoms with Crippen molar-refractivity contribution in [2.45, 2.75) is 208 Å². The quantitative estimate of drug-likeness (QED) is 0.0359. The van der Waals surface area contributed by atoms with Crippen LogP contribution < -0.4 is 11.5 Å². The first-order chi connectivity index (χ1) is 26.1. The summed E-state index contributed by atoms with van der Waals surface area (Å²) < 4.78 is 18.6. The molecule has 54 heavy (non-hydrogen) atoms. The van der Waals surface area contributed by atoms with Crippen molar-refractivity contribution in [3.05, 3.63) is 11.6 Å². The highest BCUT2D eigenvalue weighted by atomic mass is 16.5. The summed E-state index contributed by atoms with van der Waals surface area (Å²) in [5, 5.41) is 0. The van der Waals surface area contributed by atoms with E-state index in [9.17, 15) is 0 Å². The minimum atomic E-state index is -0.0712. The van der Waals surface area contributed by atoms with Crippen molar-refractivity contribution in [1.82, 2.24) is 0 Å². The maximum absolute atomic E-state index is 6.57. The molecule has 0 unspecified atom stereocenters. The zero-order chi connectivity index (χ0) is 38.8. The fourth-order valence-electron chi connectivity index (χ4n) is 11.9. The van der Waals surface area contributed by atoms with Gasteiger partial charge in [0.15, 0.2) is 5.96 Å². The van der Waals surface area contributed by atoms with Gasteiger partial charge >= 0.3 is 0 Å². The van der Waals surface area contributed by atoms with Gasteiger partial charge in [-0.25, -0.2) is 0 Å². The van der Waals surface area contributed by atoms with E-state index in [1.807, 2.05) is 0 Å². The summed E-state index contributed by atoms with van der Waals surface area (Å²) in [6.45, 7) is 18.5. The van der Waals surface area contributed by atoms with Crippen LogP contribution in [0.25, 0.3) is 0 Å². The van der Waals surface area contributed by atoms with E-state index in [1.165, 1.54) is 141 Å². The minimum absolute atomic E-state index is 0.0712. The largest absolute Gasteiger partial charge is 0.379 e. The highest BCUT2D eigenvalue weighted by Crippen LogP contribution is 2.67. The SMILES string of the molecule is CCCCCCCCOC[C@@H](CN=C(N)N)OCCCCCCCCCO[C@H]1CC[C@@]2(C)C(=CC[C@H]3[C@@H]4CC[C@H]([C@H](C)CCCC(C)C)[C@@]4(C)CC[C@@H]32)C1. The van der Waals surface area contributed by atoms with E-state index in [2.05, 4.69) is 52.6 Å². The predicted molar refractivity (Wildman–Crippen MR) is 230 cm³/mol. The molecule has 4 N–H and O–H groups in total. The zero-order valence-electron chi connectivity index (χ0n) is 36.5. The van der Waals surface area contributed by atoms with Gasteiger partial charge in [0.05, 0.1) is 19.3 Å². The van der Waals surface area contributed by atoms with E-state index in [1.54, 1.807) is 5.57 Å². The molecule has 3 saturated carbocycles. The molecule has 0 aromatic carbocycles. The van der Waals surface area contributed by atoms with E-state index in [0.717, 1.165) is 68.2 Å². The van der Waals surface area contributed by atoms with Gasteiger partial charge in [0.1, 0.15) is 6.10 Å². The Labute approximate surface area is 334 Å². The molecular formula is C48H89N3O3. The van der Waals surface area contributed by atoms with Gasteiger partial charge in [-0.05, 0) is 117 Å². The molecule has 0 heterocycles. The van der Waals surface area contributed by atoms with Crippen LogP contribution in [0.2, 0.25) is 0 Å². The van der Waals surface area contributed by atoms with Gasteiger partial charge in [-0.3, -0.25) is 4.99 Å². The minimum Gasteiger partial charge on any atom is -0.379 e. The first-order valence-electron chi connectivity index (χ1n) is 23.6. The lowest BCUT2D eigenvalue weighted by molar-refractivity contribution is -0.0641. The molecule has 314 valence electrons. The number of ether oxygens (including phenoxy) is 3. The lowest BCUT2D eigenvalue weighted by Crippen LogP contribution is -2.51. The average Bonchev–Trinajstić information content (AvgIpc) is 3.50. The summed E-state index contributed by atoms with van der Waals surface area (Å²) in [5.41, 5.74) is 13.9. The van der Waals surface area contributed by atoms with Crippen molar-refractivity contribution in [2.75, 3.05) is 33.0 Å². The maximum atomic E-state index is 6.57. The van der Waals surface area contributed by atoms with Crippen LogP contribution in [0.4, 0.5) is 0 Å². The monoisotopic (exact) mass is 756 g/mol. The van der Waals surface area contributed by atoms with Crippen molar-refractivity contribution >= 4 is 5.96 Å². The summed E-state index contributed by atoms with van der Waals surface area (Å²) in [6.07, 6.45) is 34.7. The standard InChI is InChI=1S/C48H89N3O3/c1-7-8-9-10-14-17-31-52-36-41(35-51-46(49)50)54-33-19-16-13-11-12-15-18-32-53-40-27-29-47(5)39(34-40)23-24-42-44-26-25-43(38(4)22-20-21-37(2)3)48(44,6)30-28-45(42)47/h23,37-38,40-45H,7-22,24-36H2,1-6H3,(H4,49,50,51)/t38-,40+,41-,42+,43-,44+,45+,47+,48-/m1/s1. The van der Waals surface area contributed by atoms with Gasteiger partial charge in [-0.1, -0.05) is 137 Å². The van der Waals surface area contributed by atoms with Gasteiger partial charge in [0.25, 0.3) is 0 Å². The van der Waals surface area contributed by atoms with E-state index >= 15 is 0 Å². The van der Waals surface area contributed by atoms with Crippen LogP contribution >= 0.6 is 0 Å². The molecule has 0 aromatic rings. The van der Waals surface area contributed by atoms with Crippen LogP contribution in [0.15, 0.2) is 16.6 Å². The van der Waals surface area contributed by atoms with Crippen LogP contribution in [0.3, 0.4) is 0 Å². The van der Waals surface area contributed by atoms with Crippen molar-refractivity contribution < 1.29 is 14.2 Å². The molecule has 4 rings (SSSR count). The molecule has 0 radical (unpaired) electrons. The second kappa shape index (κ2) is 24.0. The number of nitrogens with two attached hydrogens (primary N) is 2. The summed E-state index contributed by atoms with van der Waals surface area (Å²) in [5.74, 6) is 5.57. The molecule has 6 heteroatoms. The molecule has 0 saturated heterocycles. The molecule has 0 amide bonds. The van der Waals surface area contributed by atoms with Crippen LogP contribution in [-0.4, -0.2) is 51.1 Å². The van der Waals surface area contributed by atoms with Gasteiger partial charge in [-0.2, -0.15) is 0 Å². The molecule has 4 aliphatic carbocycles. The first kappa shape index (κ1) is 45.6. The number of allylic oxidation sites excluding steroid dienone is 1. The van der Waals surface area contributed by atoms with E-state index in [0.29, 0.717) is 30.1 Å². The molecule has 0 aromatic heterocycles. The topological polar surface area (TPSA) is 92.1 Å². The third-order valence-electron chi connectivity index (χ3n) is 15.2. The van der Waals surface area contributed by atoms with Crippen molar-refractivity contribution in [3.8, 4) is 0 Å². The summed E-state index contributed by atoms with van der Waals surface area (Å²) in [6, 6.07) is 0. The fourth-order valence-corrected chi connectivity index (χ4v) is 11.9. The number of unbranched alkanes of at least 4 members (excludes halogenated alkanes) is 11. The van der Waals surface area contributed by atoms with Crippen molar-refractivity contribution in [1.29, 1.82) is 0 Å². The van der Waals surface area contributed by atoms with Crippen LogP contribution in [0.1, 0.15) is 196 Å². The van der Waals surface area contributed by atoms with Crippen molar-refractivity contribution in [2.24, 2.45) is 62.8 Å². The predicted octanol–water partition coefficient (Wildman–Crippen LogP) is 12.2. The van der Waals surface area contributed by atoms with E-state index in [-0.39, 0.29) is 12.1 Å². The molecule has 3 fully saturated rings. The van der Waals surface area contributed by atoms with E-state index < -0.39 is 0 Å². The number of hydrogen-bond donors (Lipinski definition) is 2. The van der Waals surface area contributed by atoms with Crippen LogP contribution in [0, 0.1) is 46.3 Å². The first-order valence-corrected chi connectivity index (χ1v) is 23.6.